The Bertz CT molecular complexity index is 2060. The molecule has 0 saturated carbocycles. The summed E-state index contributed by atoms with van der Waals surface area (Å²) in [6.45, 7) is 2.36. The van der Waals surface area contributed by atoms with Gasteiger partial charge in [0.1, 0.15) is 11.4 Å². The normalized spacial score (nSPS) is 17.0. The second kappa shape index (κ2) is 12.8. The molecule has 0 spiro atoms. The Morgan fingerprint density at radius 1 is 1.13 bits per heavy atom. The second-order valence-corrected chi connectivity index (χ2v) is 12.3. The third-order valence-electron chi connectivity index (χ3n) is 8.96. The maximum absolute atomic E-state index is 15.6. The highest BCUT2D eigenvalue weighted by Crippen LogP contribution is 2.44. The van der Waals surface area contributed by atoms with E-state index in [4.69, 9.17) is 21.3 Å². The number of pyridine rings is 1. The molecule has 2 amide bonds. The topological polar surface area (TPSA) is 136 Å². The van der Waals surface area contributed by atoms with Crippen molar-refractivity contribution in [3.05, 3.63) is 96.5 Å². The van der Waals surface area contributed by atoms with E-state index >= 15 is 4.39 Å². The van der Waals surface area contributed by atoms with Gasteiger partial charge in [0, 0.05) is 67.7 Å². The monoisotopic (exact) mass is 660 g/mol. The van der Waals surface area contributed by atoms with Gasteiger partial charge >= 0.3 is 5.69 Å². The van der Waals surface area contributed by atoms with Crippen LogP contribution in [0.1, 0.15) is 52.4 Å². The number of hydrogen-bond donors (Lipinski definition) is 3. The molecule has 2 aliphatic rings. The first kappa shape index (κ1) is 32.1. The summed E-state index contributed by atoms with van der Waals surface area (Å²) in [6.07, 6.45) is 4.14. The zero-order valence-corrected chi connectivity index (χ0v) is 27.1. The standard InChI is InChI=1S/C34H34ClFN6O5/c1-17-20(6-5-7-24(17)39-31(44)22-16-41(2)34(46)42(3)33(22)45)29-23(36)11-10-21(30(29)35)26-14-18-8-12-25(28(18)32(40-26)47-4)37-15-19-9-13-27(43)38-19/h5-7,10-11,14,16,19,25,37H,8-9,12-13,15H2,1-4H3,(H,38,43)(H,39,44)/t19-,25-/m0/s1. The van der Waals surface area contributed by atoms with Crippen LogP contribution in [0.2, 0.25) is 5.02 Å². The van der Waals surface area contributed by atoms with E-state index in [0.29, 0.717) is 46.9 Å². The van der Waals surface area contributed by atoms with E-state index in [1.165, 1.54) is 26.4 Å². The molecule has 13 heteroatoms. The van der Waals surface area contributed by atoms with Crippen LogP contribution in [0.5, 0.6) is 5.88 Å². The number of hydrogen-bond acceptors (Lipinski definition) is 7. The first-order chi connectivity index (χ1) is 22.5. The summed E-state index contributed by atoms with van der Waals surface area (Å²) in [4.78, 5) is 54.3. The molecule has 2 aromatic heterocycles. The molecule has 47 heavy (non-hydrogen) atoms. The van der Waals surface area contributed by atoms with Crippen molar-refractivity contribution in [2.75, 3.05) is 19.0 Å². The average Bonchev–Trinajstić information content (AvgIpc) is 3.67. The van der Waals surface area contributed by atoms with E-state index in [9.17, 15) is 19.2 Å². The second-order valence-electron chi connectivity index (χ2n) is 11.9. The van der Waals surface area contributed by atoms with Crippen molar-refractivity contribution in [1.29, 1.82) is 0 Å². The number of methoxy groups -OCH3 is 1. The molecular weight excluding hydrogens is 627 g/mol. The molecule has 1 aliphatic heterocycles. The summed E-state index contributed by atoms with van der Waals surface area (Å²) < 4.78 is 23.3. The smallest absolute Gasteiger partial charge is 0.330 e. The zero-order chi connectivity index (χ0) is 33.6. The summed E-state index contributed by atoms with van der Waals surface area (Å²) in [5.74, 6) is -0.746. The average molecular weight is 661 g/mol. The van der Waals surface area contributed by atoms with Crippen molar-refractivity contribution in [3.8, 4) is 28.3 Å². The van der Waals surface area contributed by atoms with Crippen LogP contribution in [0.3, 0.4) is 0 Å². The minimum atomic E-state index is -0.733. The number of aryl methyl sites for hydroxylation is 2. The predicted molar refractivity (Wildman–Crippen MR) is 176 cm³/mol. The summed E-state index contributed by atoms with van der Waals surface area (Å²) in [6, 6.07) is 9.96. The van der Waals surface area contributed by atoms with Crippen molar-refractivity contribution in [2.24, 2.45) is 14.1 Å². The minimum Gasteiger partial charge on any atom is -0.481 e. The van der Waals surface area contributed by atoms with Crippen LogP contribution in [-0.2, 0) is 25.3 Å². The number of aromatic nitrogens is 3. The summed E-state index contributed by atoms with van der Waals surface area (Å²) in [5.41, 5.74) is 2.99. The maximum atomic E-state index is 15.6. The summed E-state index contributed by atoms with van der Waals surface area (Å²) in [7, 11) is 4.30. The maximum Gasteiger partial charge on any atom is 0.330 e. The number of amides is 2. The van der Waals surface area contributed by atoms with Crippen molar-refractivity contribution in [2.45, 2.75) is 44.7 Å². The Kier molecular flexibility index (Phi) is 8.73. The lowest BCUT2D eigenvalue weighted by Crippen LogP contribution is -2.40. The van der Waals surface area contributed by atoms with Crippen LogP contribution in [-0.4, -0.2) is 45.6 Å². The van der Waals surface area contributed by atoms with Crippen LogP contribution in [0.15, 0.2) is 52.2 Å². The van der Waals surface area contributed by atoms with Gasteiger partial charge in [-0.05, 0) is 67.1 Å². The van der Waals surface area contributed by atoms with Gasteiger partial charge in [-0.3, -0.25) is 19.0 Å². The fraction of sp³-hybridized carbons (Fsp3) is 0.324. The van der Waals surface area contributed by atoms with Crippen LogP contribution >= 0.6 is 11.6 Å². The number of halogens is 2. The fourth-order valence-electron chi connectivity index (χ4n) is 6.41. The largest absolute Gasteiger partial charge is 0.481 e. The molecule has 1 fully saturated rings. The van der Waals surface area contributed by atoms with E-state index in [0.717, 1.165) is 39.5 Å². The van der Waals surface area contributed by atoms with Gasteiger partial charge in [-0.15, -0.1) is 0 Å². The number of carbonyl (C=O) groups is 2. The van der Waals surface area contributed by atoms with E-state index in [2.05, 4.69) is 16.0 Å². The van der Waals surface area contributed by atoms with Gasteiger partial charge in [0.05, 0.1) is 17.8 Å². The molecule has 244 valence electrons. The molecular formula is C34H34ClFN6O5. The highest BCUT2D eigenvalue weighted by Gasteiger charge is 2.31. The first-order valence-corrected chi connectivity index (χ1v) is 15.6. The van der Waals surface area contributed by atoms with E-state index in [-0.39, 0.29) is 34.1 Å². The van der Waals surface area contributed by atoms with Gasteiger partial charge in [-0.1, -0.05) is 23.7 Å². The molecule has 0 unspecified atom stereocenters. The Morgan fingerprint density at radius 2 is 1.91 bits per heavy atom. The summed E-state index contributed by atoms with van der Waals surface area (Å²) >= 11 is 6.96. The number of carbonyl (C=O) groups excluding carboxylic acids is 2. The Morgan fingerprint density at radius 3 is 2.64 bits per heavy atom. The van der Waals surface area contributed by atoms with Gasteiger partial charge in [0.2, 0.25) is 11.8 Å². The third-order valence-corrected chi connectivity index (χ3v) is 9.35. The van der Waals surface area contributed by atoms with Crippen LogP contribution in [0.25, 0.3) is 22.4 Å². The molecule has 3 heterocycles. The quantitative estimate of drug-likeness (QED) is 0.260. The van der Waals surface area contributed by atoms with Crippen molar-refractivity contribution >= 4 is 29.1 Å². The molecule has 0 bridgehead atoms. The SMILES string of the molecule is COc1nc(-c2ccc(F)c(-c3cccc(NC(=O)c4cn(C)c(=O)n(C)c4=O)c3C)c2Cl)cc2c1[C@@H](NC[C@@H]1CCC(=O)N1)CC2. The predicted octanol–water partition coefficient (Wildman–Crippen LogP) is 4.03. The van der Waals surface area contributed by atoms with E-state index < -0.39 is 23.0 Å². The molecule has 1 aliphatic carbocycles. The number of fused-ring (bicyclic) bond motifs is 1. The zero-order valence-electron chi connectivity index (χ0n) is 26.4. The molecule has 4 aromatic rings. The fourth-order valence-corrected chi connectivity index (χ4v) is 6.76. The Hall–Kier alpha value is -4.81. The van der Waals surface area contributed by atoms with E-state index in [1.807, 2.05) is 6.07 Å². The Balaban J connectivity index is 1.32. The van der Waals surface area contributed by atoms with Crippen molar-refractivity contribution in [3.63, 3.8) is 0 Å². The highest BCUT2D eigenvalue weighted by molar-refractivity contribution is 6.36. The lowest BCUT2D eigenvalue weighted by molar-refractivity contribution is -0.119. The first-order valence-electron chi connectivity index (χ1n) is 15.2. The number of benzene rings is 2. The molecule has 11 nitrogen and oxygen atoms in total. The van der Waals surface area contributed by atoms with Crippen LogP contribution < -0.4 is 31.9 Å². The molecule has 6 rings (SSSR count). The van der Waals surface area contributed by atoms with Gasteiger partial charge in [-0.25, -0.2) is 14.2 Å². The minimum absolute atomic E-state index is 0.0137. The highest BCUT2D eigenvalue weighted by atomic mass is 35.5. The van der Waals surface area contributed by atoms with Gasteiger partial charge in [0.25, 0.3) is 11.5 Å². The van der Waals surface area contributed by atoms with Gasteiger partial charge in [0.15, 0.2) is 0 Å². The lowest BCUT2D eigenvalue weighted by Gasteiger charge is -2.20. The van der Waals surface area contributed by atoms with Crippen LogP contribution in [0, 0.1) is 12.7 Å². The molecule has 3 N–H and O–H groups in total. The van der Waals surface area contributed by atoms with Crippen LogP contribution in [0.4, 0.5) is 10.1 Å². The van der Waals surface area contributed by atoms with Crippen molar-refractivity contribution < 1.29 is 18.7 Å². The molecule has 2 aromatic carbocycles. The molecule has 2 atom stereocenters. The lowest BCUT2D eigenvalue weighted by atomic mass is 9.95. The van der Waals surface area contributed by atoms with Gasteiger partial charge < -0.3 is 25.3 Å². The number of nitrogens with one attached hydrogen (secondary N) is 3. The van der Waals surface area contributed by atoms with Crippen molar-refractivity contribution in [1.82, 2.24) is 24.8 Å². The molecule has 0 radical (unpaired) electrons. The van der Waals surface area contributed by atoms with Gasteiger partial charge in [-0.2, -0.15) is 0 Å². The molecule has 1 saturated heterocycles. The number of ether oxygens (including phenoxy) is 1. The third kappa shape index (κ3) is 5.94. The number of anilines is 1. The Labute approximate surface area is 274 Å². The van der Waals surface area contributed by atoms with E-state index in [1.54, 1.807) is 38.3 Å². The summed E-state index contributed by atoms with van der Waals surface area (Å²) in [5, 5.41) is 9.41. The number of rotatable bonds is 8. The number of nitrogens with zero attached hydrogens (tertiary/aromatic N) is 3.